The number of hydrogen-bond donors (Lipinski definition) is 0. The van der Waals surface area contributed by atoms with Crippen LogP contribution in [0.25, 0.3) is 5.57 Å². The lowest BCUT2D eigenvalue weighted by Crippen LogP contribution is -1.92. The molecule has 2 aliphatic rings. The Bertz CT molecular complexity index is 412. The molecule has 0 amide bonds. The summed E-state index contributed by atoms with van der Waals surface area (Å²) in [6, 6.07) is 4.63. The highest BCUT2D eigenvalue weighted by Gasteiger charge is 2.25. The van der Waals surface area contributed by atoms with Crippen molar-refractivity contribution >= 4 is 5.57 Å². The Morgan fingerprint density at radius 3 is 2.86 bits per heavy atom. The highest BCUT2D eigenvalue weighted by atomic mass is 14.3. The van der Waals surface area contributed by atoms with Gasteiger partial charge in [0, 0.05) is 0 Å². The van der Waals surface area contributed by atoms with Crippen LogP contribution in [0.5, 0.6) is 0 Å². The van der Waals surface area contributed by atoms with Gasteiger partial charge in [-0.1, -0.05) is 25.6 Å². The molecule has 0 heteroatoms. The molecule has 1 atom stereocenters. The maximum Gasteiger partial charge on any atom is -0.0184 e. The summed E-state index contributed by atoms with van der Waals surface area (Å²) < 4.78 is 0. The normalized spacial score (nSPS) is 23.8. The van der Waals surface area contributed by atoms with E-state index in [1.807, 2.05) is 0 Å². The molecule has 0 saturated heterocycles. The monoisotopic (exact) mass is 184 g/mol. The number of benzene rings is 1. The van der Waals surface area contributed by atoms with Gasteiger partial charge in [0.2, 0.25) is 0 Å². The van der Waals surface area contributed by atoms with E-state index in [2.05, 4.69) is 25.6 Å². The Balaban J connectivity index is 2.23. The second kappa shape index (κ2) is 2.73. The topological polar surface area (TPSA) is 0 Å². The molecule has 1 aromatic rings. The molecule has 1 unspecified atom stereocenters. The third-order valence-corrected chi connectivity index (χ3v) is 3.88. The highest BCUT2D eigenvalue weighted by Crippen LogP contribution is 2.41. The molecule has 0 fully saturated rings. The Hall–Kier alpha value is -1.04. The van der Waals surface area contributed by atoms with Crippen molar-refractivity contribution in [1.82, 2.24) is 0 Å². The average Bonchev–Trinajstić information content (AvgIpc) is 2.72. The molecule has 0 spiro atoms. The summed E-state index contributed by atoms with van der Waals surface area (Å²) in [5.41, 5.74) is 7.70. The van der Waals surface area contributed by atoms with Crippen LogP contribution in [0, 0.1) is 0 Å². The fraction of sp³-hybridized carbons (Fsp3) is 0.429. The molecule has 0 aromatic heterocycles. The summed E-state index contributed by atoms with van der Waals surface area (Å²) in [7, 11) is 0. The van der Waals surface area contributed by atoms with Gasteiger partial charge >= 0.3 is 0 Å². The van der Waals surface area contributed by atoms with Crippen molar-refractivity contribution in [2.45, 2.75) is 38.5 Å². The molecule has 0 bridgehead atoms. The molecule has 0 radical (unpaired) electrons. The molecule has 0 nitrogen and oxygen atoms in total. The lowest BCUT2D eigenvalue weighted by Gasteiger charge is -2.09. The standard InChI is InChI=1S/C14H16/c1-9-3-5-13-11(9)7-8-12-10(2)4-6-14(12)13/h7-8,10H,1,3-6H2,2H3. The largest absolute Gasteiger partial charge is 0.0952 e. The molecule has 0 saturated carbocycles. The molecule has 0 heterocycles. The Morgan fingerprint density at radius 1 is 1.14 bits per heavy atom. The van der Waals surface area contributed by atoms with Gasteiger partial charge in [-0.2, -0.15) is 0 Å². The number of hydrogen-bond acceptors (Lipinski definition) is 0. The SMILES string of the molecule is C=C1CCc2c1ccc1c2CCC1C. The van der Waals surface area contributed by atoms with Gasteiger partial charge in [-0.15, -0.1) is 0 Å². The van der Waals surface area contributed by atoms with Gasteiger partial charge in [0.05, 0.1) is 0 Å². The van der Waals surface area contributed by atoms with Gasteiger partial charge in [0.25, 0.3) is 0 Å². The summed E-state index contributed by atoms with van der Waals surface area (Å²) in [5, 5.41) is 0. The van der Waals surface area contributed by atoms with Crippen LogP contribution < -0.4 is 0 Å². The number of fused-ring (bicyclic) bond motifs is 3. The minimum absolute atomic E-state index is 0.782. The first kappa shape index (κ1) is 8.28. The van der Waals surface area contributed by atoms with Crippen molar-refractivity contribution in [2.75, 3.05) is 0 Å². The van der Waals surface area contributed by atoms with Crippen molar-refractivity contribution in [3.05, 3.63) is 41.0 Å². The van der Waals surface area contributed by atoms with E-state index in [9.17, 15) is 0 Å². The third-order valence-electron chi connectivity index (χ3n) is 3.88. The molecule has 0 aliphatic heterocycles. The molecule has 14 heavy (non-hydrogen) atoms. The smallest absolute Gasteiger partial charge is 0.0184 e. The lowest BCUT2D eigenvalue weighted by molar-refractivity contribution is 0.747. The molecule has 0 N–H and O–H groups in total. The molecule has 1 aromatic carbocycles. The quantitative estimate of drug-likeness (QED) is 0.576. The Morgan fingerprint density at radius 2 is 2.00 bits per heavy atom. The van der Waals surface area contributed by atoms with Crippen LogP contribution in [0.15, 0.2) is 18.7 Å². The second-order valence-corrected chi connectivity index (χ2v) is 4.70. The second-order valence-electron chi connectivity index (χ2n) is 4.70. The van der Waals surface area contributed by atoms with E-state index in [1.54, 1.807) is 16.7 Å². The van der Waals surface area contributed by atoms with Gasteiger partial charge in [0.1, 0.15) is 0 Å². The van der Waals surface area contributed by atoms with Crippen molar-refractivity contribution < 1.29 is 0 Å². The molecular formula is C14H16. The molecule has 72 valence electrons. The summed E-state index contributed by atoms with van der Waals surface area (Å²) >= 11 is 0. The van der Waals surface area contributed by atoms with Crippen LogP contribution in [0.1, 0.15) is 47.9 Å². The third kappa shape index (κ3) is 0.943. The minimum Gasteiger partial charge on any atom is -0.0952 e. The van der Waals surface area contributed by atoms with E-state index in [4.69, 9.17) is 0 Å². The zero-order valence-corrected chi connectivity index (χ0v) is 8.77. The van der Waals surface area contributed by atoms with E-state index < -0.39 is 0 Å². The fourth-order valence-corrected chi connectivity index (χ4v) is 3.01. The average molecular weight is 184 g/mol. The van der Waals surface area contributed by atoms with Crippen LogP contribution in [-0.2, 0) is 12.8 Å². The summed E-state index contributed by atoms with van der Waals surface area (Å²) in [6.45, 7) is 6.49. The lowest BCUT2D eigenvalue weighted by atomic mass is 9.96. The summed E-state index contributed by atoms with van der Waals surface area (Å²) in [6.07, 6.45) is 5.06. The van der Waals surface area contributed by atoms with Crippen LogP contribution in [0.3, 0.4) is 0 Å². The zero-order chi connectivity index (χ0) is 9.71. The molecular weight excluding hydrogens is 168 g/mol. The van der Waals surface area contributed by atoms with E-state index in [1.165, 1.54) is 36.8 Å². The van der Waals surface area contributed by atoms with E-state index in [0.29, 0.717) is 0 Å². The number of rotatable bonds is 0. The summed E-state index contributed by atoms with van der Waals surface area (Å²) in [4.78, 5) is 0. The Kier molecular flexibility index (Phi) is 1.61. The summed E-state index contributed by atoms with van der Waals surface area (Å²) in [5.74, 6) is 0.782. The first-order chi connectivity index (χ1) is 6.77. The zero-order valence-electron chi connectivity index (χ0n) is 8.77. The van der Waals surface area contributed by atoms with Crippen LogP contribution in [0.2, 0.25) is 0 Å². The van der Waals surface area contributed by atoms with Gasteiger partial charge in [-0.25, -0.2) is 0 Å². The van der Waals surface area contributed by atoms with E-state index in [-0.39, 0.29) is 0 Å². The van der Waals surface area contributed by atoms with Crippen molar-refractivity contribution in [1.29, 1.82) is 0 Å². The van der Waals surface area contributed by atoms with Crippen LogP contribution >= 0.6 is 0 Å². The van der Waals surface area contributed by atoms with Crippen LogP contribution in [0.4, 0.5) is 0 Å². The highest BCUT2D eigenvalue weighted by molar-refractivity contribution is 5.73. The predicted octanol–water partition coefficient (Wildman–Crippen LogP) is 3.70. The maximum absolute atomic E-state index is 4.14. The molecule has 2 aliphatic carbocycles. The first-order valence-electron chi connectivity index (χ1n) is 5.60. The number of allylic oxidation sites excluding steroid dienone is 1. The van der Waals surface area contributed by atoms with Crippen molar-refractivity contribution in [3.8, 4) is 0 Å². The van der Waals surface area contributed by atoms with Gasteiger partial charge in [-0.05, 0) is 59.4 Å². The maximum atomic E-state index is 4.14. The van der Waals surface area contributed by atoms with Crippen molar-refractivity contribution in [2.24, 2.45) is 0 Å². The molecule has 3 rings (SSSR count). The van der Waals surface area contributed by atoms with Crippen molar-refractivity contribution in [3.63, 3.8) is 0 Å². The van der Waals surface area contributed by atoms with Gasteiger partial charge < -0.3 is 0 Å². The first-order valence-corrected chi connectivity index (χ1v) is 5.60. The van der Waals surface area contributed by atoms with Crippen LogP contribution in [-0.4, -0.2) is 0 Å². The predicted molar refractivity (Wildman–Crippen MR) is 60.5 cm³/mol. The minimum atomic E-state index is 0.782. The fourth-order valence-electron chi connectivity index (χ4n) is 3.01. The Labute approximate surface area is 85.6 Å². The van der Waals surface area contributed by atoms with E-state index >= 15 is 0 Å². The van der Waals surface area contributed by atoms with Gasteiger partial charge in [0.15, 0.2) is 0 Å². The van der Waals surface area contributed by atoms with Gasteiger partial charge in [-0.3, -0.25) is 0 Å². The van der Waals surface area contributed by atoms with E-state index in [0.717, 1.165) is 5.92 Å².